The monoisotopic (exact) mass is 611 g/mol. The number of hydrogen-bond donors (Lipinski definition) is 0. The summed E-state index contributed by atoms with van der Waals surface area (Å²) >= 11 is 1.68. The van der Waals surface area contributed by atoms with Crippen LogP contribution in [0.25, 0.3) is 21.1 Å². The van der Waals surface area contributed by atoms with Gasteiger partial charge in [-0.1, -0.05) is 30.3 Å². The quantitative estimate of drug-likeness (QED) is 0.149. The molecule has 7 nitrogen and oxygen atoms in total. The van der Waals surface area contributed by atoms with Crippen molar-refractivity contribution in [1.29, 1.82) is 0 Å². The smallest absolute Gasteiger partial charge is 0.410 e. The third kappa shape index (κ3) is 6.41. The van der Waals surface area contributed by atoms with E-state index in [9.17, 15) is 9.59 Å². The van der Waals surface area contributed by atoms with Gasteiger partial charge in [0.1, 0.15) is 11.4 Å². The SMILES string of the molecule is CCn1c(C(=O)c2cn(CCCc3ccc(OCC4CCN(C(=O)OC(C)(C)C)C4)cc3)c3ccccc23)cc2sccc21. The van der Waals surface area contributed by atoms with Gasteiger partial charge in [-0.05, 0) is 88.2 Å². The summed E-state index contributed by atoms with van der Waals surface area (Å²) < 4.78 is 17.1. The number of thiophene rings is 1. The first-order valence-electron chi connectivity index (χ1n) is 15.6. The van der Waals surface area contributed by atoms with Crippen LogP contribution in [0.3, 0.4) is 0 Å². The number of aryl methyl sites for hydroxylation is 3. The average molecular weight is 612 g/mol. The molecule has 1 saturated heterocycles. The molecular weight excluding hydrogens is 570 g/mol. The van der Waals surface area contributed by atoms with Gasteiger partial charge in [0.2, 0.25) is 5.78 Å². The highest BCUT2D eigenvalue weighted by molar-refractivity contribution is 7.17. The molecule has 1 unspecified atom stereocenters. The number of benzene rings is 2. The molecular formula is C36H41N3O4S. The fourth-order valence-corrected chi connectivity index (χ4v) is 6.96. The first kappa shape index (κ1) is 30.0. The van der Waals surface area contributed by atoms with Crippen LogP contribution >= 0.6 is 11.3 Å². The number of ketones is 1. The molecule has 5 aromatic rings. The minimum Gasteiger partial charge on any atom is -0.493 e. The number of para-hydroxylation sites is 1. The van der Waals surface area contributed by atoms with E-state index in [1.807, 2.05) is 57.3 Å². The number of hydrogen-bond acceptors (Lipinski definition) is 5. The maximum Gasteiger partial charge on any atom is 0.410 e. The Balaban J connectivity index is 1.04. The van der Waals surface area contributed by atoms with Gasteiger partial charge < -0.3 is 23.5 Å². The summed E-state index contributed by atoms with van der Waals surface area (Å²) in [6, 6.07) is 20.7. The maximum absolute atomic E-state index is 13.8. The van der Waals surface area contributed by atoms with Crippen LogP contribution in [0, 0.1) is 5.92 Å². The Morgan fingerprint density at radius 2 is 1.82 bits per heavy atom. The Hall–Kier alpha value is -4.04. The summed E-state index contributed by atoms with van der Waals surface area (Å²) in [4.78, 5) is 27.9. The summed E-state index contributed by atoms with van der Waals surface area (Å²) in [5.74, 6) is 1.23. The first-order chi connectivity index (χ1) is 21.2. The number of amides is 1. The number of fused-ring (bicyclic) bond motifs is 2. The van der Waals surface area contributed by atoms with Crippen molar-refractivity contribution >= 4 is 44.3 Å². The predicted molar refractivity (Wildman–Crippen MR) is 177 cm³/mol. The molecule has 0 bridgehead atoms. The Morgan fingerprint density at radius 3 is 2.59 bits per heavy atom. The zero-order chi connectivity index (χ0) is 30.8. The summed E-state index contributed by atoms with van der Waals surface area (Å²) in [6.45, 7) is 11.3. The molecule has 1 fully saturated rings. The van der Waals surface area contributed by atoms with Gasteiger partial charge in [-0.3, -0.25) is 4.79 Å². The molecule has 4 heterocycles. The molecule has 2 aromatic carbocycles. The molecule has 1 aliphatic rings. The van der Waals surface area contributed by atoms with E-state index in [2.05, 4.69) is 51.8 Å². The second-order valence-electron chi connectivity index (χ2n) is 12.7. The van der Waals surface area contributed by atoms with Crippen molar-refractivity contribution in [2.75, 3.05) is 19.7 Å². The molecule has 1 atom stereocenters. The van der Waals surface area contributed by atoms with Gasteiger partial charge in [0.15, 0.2) is 0 Å². The zero-order valence-corrected chi connectivity index (χ0v) is 26.9. The van der Waals surface area contributed by atoms with E-state index < -0.39 is 5.60 Å². The number of aromatic nitrogens is 2. The summed E-state index contributed by atoms with van der Waals surface area (Å²) in [6.07, 6.45) is 4.60. The predicted octanol–water partition coefficient (Wildman–Crippen LogP) is 8.18. The largest absolute Gasteiger partial charge is 0.493 e. The maximum atomic E-state index is 13.8. The van der Waals surface area contributed by atoms with Crippen LogP contribution in [0.2, 0.25) is 0 Å². The lowest BCUT2D eigenvalue weighted by Crippen LogP contribution is -2.35. The fraction of sp³-hybridized carbons (Fsp3) is 0.389. The Bertz CT molecular complexity index is 1770. The molecule has 1 amide bonds. The second-order valence-corrected chi connectivity index (χ2v) is 13.6. The van der Waals surface area contributed by atoms with Crippen LogP contribution < -0.4 is 4.74 Å². The van der Waals surface area contributed by atoms with Gasteiger partial charge in [0, 0.05) is 54.8 Å². The van der Waals surface area contributed by atoms with E-state index in [1.165, 1.54) is 5.56 Å². The van der Waals surface area contributed by atoms with Crippen molar-refractivity contribution in [3.05, 3.63) is 89.1 Å². The Labute approximate surface area is 263 Å². The summed E-state index contributed by atoms with van der Waals surface area (Å²) in [5.41, 5.74) is 4.51. The fourth-order valence-electron chi connectivity index (χ4n) is 6.14. The third-order valence-electron chi connectivity index (χ3n) is 8.32. The third-order valence-corrected chi connectivity index (χ3v) is 9.17. The highest BCUT2D eigenvalue weighted by atomic mass is 32.1. The Kier molecular flexibility index (Phi) is 8.54. The molecule has 230 valence electrons. The zero-order valence-electron chi connectivity index (χ0n) is 26.0. The lowest BCUT2D eigenvalue weighted by Gasteiger charge is -2.24. The van der Waals surface area contributed by atoms with Crippen molar-refractivity contribution in [2.24, 2.45) is 5.92 Å². The molecule has 0 radical (unpaired) electrons. The topological polar surface area (TPSA) is 65.7 Å². The van der Waals surface area contributed by atoms with Crippen LogP contribution in [0.4, 0.5) is 4.79 Å². The normalized spacial score (nSPS) is 15.4. The summed E-state index contributed by atoms with van der Waals surface area (Å²) in [5, 5.41) is 3.08. The molecule has 0 N–H and O–H groups in total. The van der Waals surface area contributed by atoms with Gasteiger partial charge in [-0.25, -0.2) is 4.79 Å². The van der Waals surface area contributed by atoms with Gasteiger partial charge >= 0.3 is 6.09 Å². The number of ether oxygens (including phenoxy) is 2. The van der Waals surface area contributed by atoms with Crippen molar-refractivity contribution in [3.8, 4) is 5.75 Å². The molecule has 8 heteroatoms. The highest BCUT2D eigenvalue weighted by Gasteiger charge is 2.30. The van der Waals surface area contributed by atoms with Gasteiger partial charge in [0.25, 0.3) is 0 Å². The van der Waals surface area contributed by atoms with E-state index in [-0.39, 0.29) is 11.9 Å². The standard InChI is InChI=1S/C36H41N3O4S/c1-5-39-31-17-20-44-33(31)21-32(39)34(40)29-23-37(30-11-7-6-10-28(29)30)18-8-9-25-12-14-27(15-13-25)42-24-26-16-19-38(22-26)35(41)43-36(2,3)4/h6-7,10-15,17,20-21,23,26H,5,8-9,16,18-19,22,24H2,1-4H3. The lowest BCUT2D eigenvalue weighted by atomic mass is 10.1. The van der Waals surface area contributed by atoms with Crippen molar-refractivity contribution in [1.82, 2.24) is 14.0 Å². The van der Waals surface area contributed by atoms with E-state index in [0.717, 1.165) is 70.5 Å². The molecule has 3 aromatic heterocycles. The molecule has 0 aliphatic carbocycles. The van der Waals surface area contributed by atoms with Crippen LogP contribution in [-0.4, -0.2) is 51.2 Å². The average Bonchev–Trinajstić information content (AvgIpc) is 3.79. The van der Waals surface area contributed by atoms with Crippen LogP contribution in [0.5, 0.6) is 5.75 Å². The minimum absolute atomic E-state index is 0.0796. The van der Waals surface area contributed by atoms with Crippen molar-refractivity contribution < 1.29 is 19.1 Å². The number of carbonyl (C=O) groups excluding carboxylic acids is 2. The molecule has 0 saturated carbocycles. The molecule has 1 aliphatic heterocycles. The van der Waals surface area contributed by atoms with Crippen LogP contribution in [0.1, 0.15) is 62.2 Å². The summed E-state index contributed by atoms with van der Waals surface area (Å²) in [7, 11) is 0. The first-order valence-corrected chi connectivity index (χ1v) is 16.5. The highest BCUT2D eigenvalue weighted by Crippen LogP contribution is 2.30. The molecule has 0 spiro atoms. The number of likely N-dealkylation sites (tertiary alicyclic amines) is 1. The second kappa shape index (κ2) is 12.5. The van der Waals surface area contributed by atoms with E-state index in [4.69, 9.17) is 9.47 Å². The van der Waals surface area contributed by atoms with Gasteiger partial charge in [-0.2, -0.15) is 0 Å². The molecule has 44 heavy (non-hydrogen) atoms. The van der Waals surface area contributed by atoms with Gasteiger partial charge in [-0.15, -0.1) is 11.3 Å². The lowest BCUT2D eigenvalue weighted by molar-refractivity contribution is 0.0284. The van der Waals surface area contributed by atoms with Crippen molar-refractivity contribution in [3.63, 3.8) is 0 Å². The number of carbonyl (C=O) groups is 2. The Morgan fingerprint density at radius 1 is 1.02 bits per heavy atom. The van der Waals surface area contributed by atoms with E-state index >= 15 is 0 Å². The number of nitrogens with zero attached hydrogens (tertiary/aromatic N) is 3. The van der Waals surface area contributed by atoms with Crippen LogP contribution in [0.15, 0.2) is 72.2 Å². The molecule has 6 rings (SSSR count). The van der Waals surface area contributed by atoms with E-state index in [1.54, 1.807) is 16.2 Å². The minimum atomic E-state index is -0.482. The van der Waals surface area contributed by atoms with E-state index in [0.29, 0.717) is 25.6 Å². The van der Waals surface area contributed by atoms with Crippen LogP contribution in [-0.2, 0) is 24.2 Å². The number of rotatable bonds is 10. The van der Waals surface area contributed by atoms with Crippen molar-refractivity contribution in [2.45, 2.75) is 65.6 Å². The van der Waals surface area contributed by atoms with Gasteiger partial charge in [0.05, 0.1) is 22.5 Å².